The largest absolute Gasteiger partial charge is 0.455 e. The first kappa shape index (κ1) is 38.1. The molecule has 0 bridgehead atoms. The highest BCUT2D eigenvalue weighted by Gasteiger charge is 2.21. The first-order valence-corrected chi connectivity index (χ1v) is 22.9. The molecule has 0 aliphatic rings. The number of furan rings is 2. The van der Waals surface area contributed by atoms with Crippen molar-refractivity contribution in [2.75, 3.05) is 0 Å². The highest BCUT2D eigenvalue weighted by atomic mass is 16.3. The lowest BCUT2D eigenvalue weighted by atomic mass is 9.94. The first-order chi connectivity index (χ1) is 33.7. The predicted octanol–water partition coefficient (Wildman–Crippen LogP) is 17.1. The molecule has 14 aromatic rings. The zero-order chi connectivity index (χ0) is 44.7. The second kappa shape index (κ2) is 15.2. The van der Waals surface area contributed by atoms with Gasteiger partial charge in [0.1, 0.15) is 22.3 Å². The summed E-state index contributed by atoms with van der Waals surface area (Å²) in [5.41, 5.74) is 12.6. The van der Waals surface area contributed by atoms with E-state index in [9.17, 15) is 0 Å². The van der Waals surface area contributed by atoms with E-state index >= 15 is 0 Å². The van der Waals surface area contributed by atoms with Gasteiger partial charge in [-0.25, -0.2) is 15.0 Å². The summed E-state index contributed by atoms with van der Waals surface area (Å²) in [4.78, 5) is 15.8. The van der Waals surface area contributed by atoms with Crippen LogP contribution in [0.25, 0.3) is 144 Å². The maximum Gasteiger partial charge on any atom is 0.164 e. The number of nitrogens with zero attached hydrogens (tertiary/aromatic N) is 3. The summed E-state index contributed by atoms with van der Waals surface area (Å²) in [7, 11) is 0. The van der Waals surface area contributed by atoms with E-state index in [1.807, 2.05) is 24.3 Å². The van der Waals surface area contributed by atoms with Crippen LogP contribution >= 0.6 is 0 Å². The Morgan fingerprint density at radius 1 is 0.250 bits per heavy atom. The number of benzene rings is 11. The van der Waals surface area contributed by atoms with Gasteiger partial charge in [-0.2, -0.15) is 0 Å². The van der Waals surface area contributed by atoms with Crippen molar-refractivity contribution in [2.24, 2.45) is 0 Å². The van der Waals surface area contributed by atoms with Crippen LogP contribution in [0.5, 0.6) is 0 Å². The van der Waals surface area contributed by atoms with Gasteiger partial charge in [-0.15, -0.1) is 0 Å². The fraction of sp³-hybridized carbons (Fsp3) is 0. The molecule has 3 aromatic heterocycles. The Hall–Kier alpha value is -9.19. The summed E-state index contributed by atoms with van der Waals surface area (Å²) in [6.07, 6.45) is 0. The molecule has 14 rings (SSSR count). The summed E-state index contributed by atoms with van der Waals surface area (Å²) >= 11 is 0. The average molecular weight is 868 g/mol. The molecule has 0 aliphatic heterocycles. The number of rotatable bonds is 6. The van der Waals surface area contributed by atoms with Gasteiger partial charge < -0.3 is 8.83 Å². The van der Waals surface area contributed by atoms with Crippen molar-refractivity contribution >= 4 is 76.2 Å². The number of para-hydroxylation sites is 1. The summed E-state index contributed by atoms with van der Waals surface area (Å²) in [5, 5.41) is 11.1. The van der Waals surface area contributed by atoms with Crippen molar-refractivity contribution in [2.45, 2.75) is 0 Å². The summed E-state index contributed by atoms with van der Waals surface area (Å²) in [5.74, 6) is 1.70. The molecule has 316 valence electrons. The van der Waals surface area contributed by atoms with E-state index in [1.54, 1.807) is 0 Å². The second-order valence-electron chi connectivity index (χ2n) is 17.5. The molecule has 0 saturated heterocycles. The zero-order valence-corrected chi connectivity index (χ0v) is 36.5. The lowest BCUT2D eigenvalue weighted by Crippen LogP contribution is -2.00. The molecule has 5 nitrogen and oxygen atoms in total. The van der Waals surface area contributed by atoms with E-state index in [2.05, 4.69) is 200 Å². The van der Waals surface area contributed by atoms with Gasteiger partial charge in [-0.05, 0) is 97.2 Å². The van der Waals surface area contributed by atoms with Crippen LogP contribution in [0.3, 0.4) is 0 Å². The molecule has 0 saturated carbocycles. The standard InChI is InChI=1S/C63H37N3O2/c1-2-14-43-35-44(30-27-38(43)11-1)39-25-28-42(29-26-39)61-64-62(47-32-34-56-55(37-47)52-33-31-41-13-4-6-19-50(41)59(52)67-56)66-63(65-61)54-23-10-24-57-58(54)53-22-9-21-51(60(53)68-57)46-17-7-16-45(36-46)49-20-8-15-40-12-3-5-18-48(40)49/h1-37H. The molecule has 5 heteroatoms. The fourth-order valence-electron chi connectivity index (χ4n) is 10.2. The van der Waals surface area contributed by atoms with E-state index in [1.165, 1.54) is 27.1 Å². The Kier molecular flexibility index (Phi) is 8.52. The molecule has 11 aromatic carbocycles. The van der Waals surface area contributed by atoms with Crippen molar-refractivity contribution in [1.82, 2.24) is 15.0 Å². The van der Waals surface area contributed by atoms with Crippen LogP contribution in [0.4, 0.5) is 0 Å². The van der Waals surface area contributed by atoms with Gasteiger partial charge in [0.05, 0.1) is 0 Å². The van der Waals surface area contributed by atoms with Crippen molar-refractivity contribution in [3.8, 4) is 67.5 Å². The topological polar surface area (TPSA) is 65.0 Å². The molecular weight excluding hydrogens is 831 g/mol. The highest BCUT2D eigenvalue weighted by molar-refractivity contribution is 6.16. The Labute approximate surface area is 390 Å². The minimum Gasteiger partial charge on any atom is -0.455 e. The van der Waals surface area contributed by atoms with Crippen molar-refractivity contribution in [3.63, 3.8) is 0 Å². The molecule has 0 N–H and O–H groups in total. The lowest BCUT2D eigenvalue weighted by Gasteiger charge is -2.10. The van der Waals surface area contributed by atoms with Crippen molar-refractivity contribution < 1.29 is 8.83 Å². The van der Waals surface area contributed by atoms with Crippen LogP contribution in [-0.2, 0) is 0 Å². The molecular formula is C63H37N3O2. The fourth-order valence-corrected chi connectivity index (χ4v) is 10.2. The number of aromatic nitrogens is 3. The quantitative estimate of drug-likeness (QED) is 0.167. The van der Waals surface area contributed by atoms with Crippen LogP contribution in [-0.4, -0.2) is 15.0 Å². The molecule has 68 heavy (non-hydrogen) atoms. The average Bonchev–Trinajstić information content (AvgIpc) is 3.99. The predicted molar refractivity (Wildman–Crippen MR) is 280 cm³/mol. The van der Waals surface area contributed by atoms with Gasteiger partial charge in [-0.3, -0.25) is 0 Å². The van der Waals surface area contributed by atoms with Gasteiger partial charge in [0, 0.05) is 49.2 Å². The Bertz CT molecular complexity index is 4330. The van der Waals surface area contributed by atoms with E-state index in [0.717, 1.165) is 99.2 Å². The first-order valence-electron chi connectivity index (χ1n) is 22.9. The SMILES string of the molecule is c1cc(-c2cccc3ccccc23)cc(-c2cccc3c2oc2cccc(-c4nc(-c5ccc(-c6ccc7ccccc7c6)cc5)nc(-c5ccc6oc7c8ccccc8ccc7c6c5)n4)c23)c1. The Morgan fingerprint density at radius 2 is 0.824 bits per heavy atom. The van der Waals surface area contributed by atoms with Crippen LogP contribution in [0.2, 0.25) is 0 Å². The second-order valence-corrected chi connectivity index (χ2v) is 17.5. The normalized spacial score (nSPS) is 11.8. The third kappa shape index (κ3) is 6.21. The van der Waals surface area contributed by atoms with E-state index < -0.39 is 0 Å². The van der Waals surface area contributed by atoms with E-state index in [0.29, 0.717) is 17.5 Å². The summed E-state index contributed by atoms with van der Waals surface area (Å²) in [6, 6.07) is 78.8. The van der Waals surface area contributed by atoms with Crippen molar-refractivity contribution in [3.05, 3.63) is 224 Å². The highest BCUT2D eigenvalue weighted by Crippen LogP contribution is 2.42. The third-order valence-electron chi connectivity index (χ3n) is 13.5. The van der Waals surface area contributed by atoms with Gasteiger partial charge in [-0.1, -0.05) is 182 Å². The van der Waals surface area contributed by atoms with Gasteiger partial charge in [0.25, 0.3) is 0 Å². The van der Waals surface area contributed by atoms with E-state index in [-0.39, 0.29) is 0 Å². The number of hydrogen-bond acceptors (Lipinski definition) is 5. The maximum absolute atomic E-state index is 6.86. The zero-order valence-electron chi connectivity index (χ0n) is 36.5. The molecule has 0 unspecified atom stereocenters. The smallest absolute Gasteiger partial charge is 0.164 e. The van der Waals surface area contributed by atoms with Crippen LogP contribution in [0, 0.1) is 0 Å². The molecule has 0 amide bonds. The monoisotopic (exact) mass is 867 g/mol. The third-order valence-corrected chi connectivity index (χ3v) is 13.5. The lowest BCUT2D eigenvalue weighted by molar-refractivity contribution is 0.670. The molecule has 3 heterocycles. The van der Waals surface area contributed by atoms with Crippen LogP contribution in [0.15, 0.2) is 233 Å². The molecule has 0 atom stereocenters. The van der Waals surface area contributed by atoms with Gasteiger partial charge >= 0.3 is 0 Å². The maximum atomic E-state index is 6.86. The Morgan fingerprint density at radius 3 is 1.69 bits per heavy atom. The summed E-state index contributed by atoms with van der Waals surface area (Å²) in [6.45, 7) is 0. The number of hydrogen-bond donors (Lipinski definition) is 0. The minimum absolute atomic E-state index is 0.559. The molecule has 0 aliphatic carbocycles. The summed E-state index contributed by atoms with van der Waals surface area (Å²) < 4.78 is 13.4. The molecule has 0 radical (unpaired) electrons. The molecule has 0 spiro atoms. The van der Waals surface area contributed by atoms with E-state index in [4.69, 9.17) is 23.8 Å². The number of fused-ring (bicyclic) bond motifs is 10. The minimum atomic E-state index is 0.559. The van der Waals surface area contributed by atoms with Crippen LogP contribution in [0.1, 0.15) is 0 Å². The van der Waals surface area contributed by atoms with Crippen molar-refractivity contribution in [1.29, 1.82) is 0 Å². The van der Waals surface area contributed by atoms with Gasteiger partial charge in [0.2, 0.25) is 0 Å². The van der Waals surface area contributed by atoms with Gasteiger partial charge in [0.15, 0.2) is 17.5 Å². The van der Waals surface area contributed by atoms with Crippen LogP contribution < -0.4 is 0 Å². The molecule has 0 fully saturated rings. The Balaban J connectivity index is 0.930.